The van der Waals surface area contributed by atoms with E-state index in [-0.39, 0.29) is 17.7 Å². The summed E-state index contributed by atoms with van der Waals surface area (Å²) in [7, 11) is 0. The van der Waals surface area contributed by atoms with Gasteiger partial charge in [-0.2, -0.15) is 0 Å². The molecule has 31 heavy (non-hydrogen) atoms. The number of carbonyl (C=O) groups is 2. The van der Waals surface area contributed by atoms with Gasteiger partial charge in [0.05, 0.1) is 10.3 Å². The van der Waals surface area contributed by atoms with Gasteiger partial charge in [-0.05, 0) is 18.1 Å². The van der Waals surface area contributed by atoms with Crippen LogP contribution in [0.2, 0.25) is 0 Å². The molecule has 7 nitrogen and oxygen atoms in total. The summed E-state index contributed by atoms with van der Waals surface area (Å²) in [5.74, 6) is -1.77. The Labute approximate surface area is 179 Å². The fourth-order valence-electron chi connectivity index (χ4n) is 3.56. The normalized spacial score (nSPS) is 12.0. The van der Waals surface area contributed by atoms with Gasteiger partial charge in [-0.15, -0.1) is 0 Å². The minimum absolute atomic E-state index is 0.183. The van der Waals surface area contributed by atoms with E-state index in [0.29, 0.717) is 11.1 Å². The van der Waals surface area contributed by atoms with Gasteiger partial charge in [-0.1, -0.05) is 78.9 Å². The van der Waals surface area contributed by atoms with E-state index < -0.39 is 28.3 Å². The van der Waals surface area contributed by atoms with Crippen molar-refractivity contribution in [3.05, 3.63) is 112 Å². The van der Waals surface area contributed by atoms with Gasteiger partial charge in [-0.25, -0.2) is 4.79 Å². The van der Waals surface area contributed by atoms with Gasteiger partial charge in [0.25, 0.3) is 5.69 Å². The Morgan fingerprint density at radius 2 is 1.42 bits per heavy atom. The van der Waals surface area contributed by atoms with Crippen LogP contribution < -0.4 is 5.32 Å². The summed E-state index contributed by atoms with van der Waals surface area (Å²) >= 11 is 0. The van der Waals surface area contributed by atoms with Gasteiger partial charge in [0.2, 0.25) is 5.91 Å². The number of rotatable bonds is 8. The van der Waals surface area contributed by atoms with Crippen LogP contribution in [0.25, 0.3) is 0 Å². The summed E-state index contributed by atoms with van der Waals surface area (Å²) in [6.07, 6.45) is -0.210. The standard InChI is InChI=1S/C24H22N2O5/c1-24(18-11-4-2-5-12-18,19-13-6-3-7-14-19)23(29)25-20(22(27)28)16-17-10-8-9-15-21(17)26(30)31/h2-15,20H,16H2,1H3,(H,25,29)(H,27,28)/t20-/m0/s1. The van der Waals surface area contributed by atoms with E-state index in [1.807, 2.05) is 60.7 Å². The summed E-state index contributed by atoms with van der Waals surface area (Å²) in [5, 5.41) is 23.6. The first kappa shape index (κ1) is 21.7. The number of benzene rings is 3. The van der Waals surface area contributed by atoms with Gasteiger partial charge in [0, 0.05) is 18.1 Å². The molecule has 7 heteroatoms. The number of amides is 1. The summed E-state index contributed by atoms with van der Waals surface area (Å²) in [4.78, 5) is 36.2. The lowest BCUT2D eigenvalue weighted by Gasteiger charge is -2.31. The van der Waals surface area contributed by atoms with E-state index in [9.17, 15) is 24.8 Å². The molecule has 0 spiro atoms. The van der Waals surface area contributed by atoms with Gasteiger partial charge >= 0.3 is 5.97 Å². The Kier molecular flexibility index (Phi) is 6.45. The highest BCUT2D eigenvalue weighted by molar-refractivity contribution is 5.94. The molecule has 3 rings (SSSR count). The fourth-order valence-corrected chi connectivity index (χ4v) is 3.56. The molecule has 0 fully saturated rings. The third-order valence-corrected chi connectivity index (χ3v) is 5.37. The second-order valence-electron chi connectivity index (χ2n) is 7.31. The Balaban J connectivity index is 1.96. The maximum Gasteiger partial charge on any atom is 0.326 e. The summed E-state index contributed by atoms with van der Waals surface area (Å²) in [5.41, 5.74) is 0.305. The number of carboxylic acid groups (broad SMARTS) is 1. The lowest BCUT2D eigenvalue weighted by Crippen LogP contribution is -2.50. The van der Waals surface area contributed by atoms with Crippen LogP contribution in [-0.4, -0.2) is 27.9 Å². The molecule has 158 valence electrons. The minimum atomic E-state index is -1.33. The van der Waals surface area contributed by atoms with Crippen molar-refractivity contribution in [2.75, 3.05) is 0 Å². The third kappa shape index (κ3) is 4.61. The molecular formula is C24H22N2O5. The monoisotopic (exact) mass is 418 g/mol. The van der Waals surface area contributed by atoms with Crippen LogP contribution in [0.3, 0.4) is 0 Å². The van der Waals surface area contributed by atoms with E-state index in [2.05, 4.69) is 5.32 Å². The van der Waals surface area contributed by atoms with Gasteiger partial charge in [0.15, 0.2) is 0 Å². The van der Waals surface area contributed by atoms with Gasteiger partial charge in [0.1, 0.15) is 6.04 Å². The topological polar surface area (TPSA) is 110 Å². The number of hydrogen-bond acceptors (Lipinski definition) is 4. The first-order valence-electron chi connectivity index (χ1n) is 9.71. The maximum absolute atomic E-state index is 13.5. The van der Waals surface area contributed by atoms with E-state index in [4.69, 9.17) is 0 Å². The number of hydrogen-bond donors (Lipinski definition) is 2. The number of nitro groups is 1. The van der Waals surface area contributed by atoms with Crippen molar-refractivity contribution >= 4 is 17.6 Å². The van der Waals surface area contributed by atoms with E-state index in [0.717, 1.165) is 0 Å². The van der Waals surface area contributed by atoms with Crippen LogP contribution in [0.5, 0.6) is 0 Å². The molecule has 1 atom stereocenters. The molecule has 0 saturated heterocycles. The Morgan fingerprint density at radius 3 is 1.90 bits per heavy atom. The molecule has 2 N–H and O–H groups in total. The molecule has 0 aromatic heterocycles. The molecule has 0 heterocycles. The molecular weight excluding hydrogens is 396 g/mol. The summed E-state index contributed by atoms with van der Waals surface area (Å²) < 4.78 is 0. The SMILES string of the molecule is CC(C(=O)N[C@@H](Cc1ccccc1[N+](=O)[O-])C(=O)O)(c1ccccc1)c1ccccc1. The summed E-state index contributed by atoms with van der Waals surface area (Å²) in [6, 6.07) is 22.7. The second-order valence-corrected chi connectivity index (χ2v) is 7.31. The molecule has 1 amide bonds. The first-order chi connectivity index (χ1) is 14.8. The van der Waals surface area contributed by atoms with Gasteiger partial charge < -0.3 is 10.4 Å². The molecule has 0 aliphatic carbocycles. The van der Waals surface area contributed by atoms with Crippen molar-refractivity contribution in [1.29, 1.82) is 0 Å². The van der Waals surface area contributed by atoms with Crippen LogP contribution in [0.1, 0.15) is 23.6 Å². The number of nitrogens with one attached hydrogen (secondary N) is 1. The average molecular weight is 418 g/mol. The Bertz CT molecular complexity index is 1040. The predicted molar refractivity (Wildman–Crippen MR) is 116 cm³/mol. The number of aliphatic carboxylic acids is 1. The van der Waals surface area contributed by atoms with Crippen LogP contribution in [-0.2, 0) is 21.4 Å². The van der Waals surface area contributed by atoms with Crippen LogP contribution >= 0.6 is 0 Å². The highest BCUT2D eigenvalue weighted by Gasteiger charge is 2.39. The van der Waals surface area contributed by atoms with Crippen molar-refractivity contribution in [1.82, 2.24) is 5.32 Å². The first-order valence-corrected chi connectivity index (χ1v) is 9.71. The van der Waals surface area contributed by atoms with Crippen molar-refractivity contribution in [3.8, 4) is 0 Å². The van der Waals surface area contributed by atoms with E-state index in [1.54, 1.807) is 13.0 Å². The largest absolute Gasteiger partial charge is 0.480 e. The zero-order valence-corrected chi connectivity index (χ0v) is 16.9. The van der Waals surface area contributed by atoms with Crippen molar-refractivity contribution in [2.45, 2.75) is 24.8 Å². The lowest BCUT2D eigenvalue weighted by molar-refractivity contribution is -0.385. The molecule has 3 aromatic carbocycles. The lowest BCUT2D eigenvalue weighted by atomic mass is 9.75. The molecule has 0 radical (unpaired) electrons. The molecule has 0 bridgehead atoms. The average Bonchev–Trinajstić information content (AvgIpc) is 2.79. The minimum Gasteiger partial charge on any atom is -0.480 e. The molecule has 0 unspecified atom stereocenters. The zero-order valence-electron chi connectivity index (χ0n) is 16.9. The predicted octanol–water partition coefficient (Wildman–Crippen LogP) is 3.71. The molecule has 0 saturated carbocycles. The number of nitrogens with zero attached hydrogens (tertiary/aromatic N) is 1. The van der Waals surface area contributed by atoms with Crippen LogP contribution in [0.15, 0.2) is 84.9 Å². The number of carboxylic acids is 1. The second kappa shape index (κ2) is 9.21. The smallest absolute Gasteiger partial charge is 0.326 e. The highest BCUT2D eigenvalue weighted by Crippen LogP contribution is 2.32. The van der Waals surface area contributed by atoms with Gasteiger partial charge in [-0.3, -0.25) is 14.9 Å². The van der Waals surface area contributed by atoms with E-state index >= 15 is 0 Å². The molecule has 0 aliphatic heterocycles. The number of para-hydroxylation sites is 1. The van der Waals surface area contributed by atoms with Crippen LogP contribution in [0, 0.1) is 10.1 Å². The summed E-state index contributed by atoms with van der Waals surface area (Å²) in [6.45, 7) is 1.73. The third-order valence-electron chi connectivity index (χ3n) is 5.37. The Hall–Kier alpha value is -4.00. The van der Waals surface area contributed by atoms with Crippen LogP contribution in [0.4, 0.5) is 5.69 Å². The van der Waals surface area contributed by atoms with Crippen molar-refractivity contribution in [2.24, 2.45) is 0 Å². The number of nitro benzene ring substituents is 1. The maximum atomic E-state index is 13.5. The number of carbonyl (C=O) groups excluding carboxylic acids is 1. The van der Waals surface area contributed by atoms with E-state index in [1.165, 1.54) is 18.2 Å². The molecule has 3 aromatic rings. The Morgan fingerprint density at radius 1 is 0.935 bits per heavy atom. The fraction of sp³-hybridized carbons (Fsp3) is 0.167. The van der Waals surface area contributed by atoms with Crippen molar-refractivity contribution in [3.63, 3.8) is 0 Å². The molecule has 0 aliphatic rings. The highest BCUT2D eigenvalue weighted by atomic mass is 16.6. The van der Waals surface area contributed by atoms with Crippen molar-refractivity contribution < 1.29 is 19.6 Å². The zero-order chi connectivity index (χ0) is 22.4. The quantitative estimate of drug-likeness (QED) is 0.428.